The van der Waals surface area contributed by atoms with Crippen molar-refractivity contribution in [2.45, 2.75) is 29.5 Å². The smallest absolute Gasteiger partial charge is 0.319 e. The summed E-state index contributed by atoms with van der Waals surface area (Å²) in [5.74, 6) is 1.76. The van der Waals surface area contributed by atoms with Gasteiger partial charge in [0.2, 0.25) is 0 Å². The standard InChI is InChI=1S/C23H26N4O2S/c28-23(25-16-21(22-6-4-14-29-22)27-12-1-2-13-27)26-19-7-9-20(10-8-19)30-17-18-5-3-11-24-15-18/h3-11,14-15,21H,1-2,12-13,16-17H2,(H2,25,26,28)/t21-/m1/s1. The van der Waals surface area contributed by atoms with Crippen LogP contribution in [0.15, 0.2) is 76.5 Å². The molecule has 1 saturated heterocycles. The molecular weight excluding hydrogens is 396 g/mol. The molecule has 7 heteroatoms. The van der Waals surface area contributed by atoms with Gasteiger partial charge in [0.05, 0.1) is 12.3 Å². The van der Waals surface area contributed by atoms with Crippen LogP contribution in [0.3, 0.4) is 0 Å². The van der Waals surface area contributed by atoms with E-state index in [1.54, 1.807) is 24.2 Å². The lowest BCUT2D eigenvalue weighted by molar-refractivity contribution is 0.207. The number of thioether (sulfide) groups is 1. The van der Waals surface area contributed by atoms with Crippen LogP contribution < -0.4 is 10.6 Å². The predicted molar refractivity (Wildman–Crippen MR) is 120 cm³/mol. The molecule has 0 bridgehead atoms. The fraction of sp³-hybridized carbons (Fsp3) is 0.304. The highest BCUT2D eigenvalue weighted by Crippen LogP contribution is 2.25. The Labute approximate surface area is 181 Å². The van der Waals surface area contributed by atoms with E-state index in [2.05, 4.69) is 26.6 Å². The largest absolute Gasteiger partial charge is 0.468 e. The van der Waals surface area contributed by atoms with E-state index >= 15 is 0 Å². The molecule has 2 aromatic heterocycles. The number of likely N-dealkylation sites (tertiary alicyclic amines) is 1. The van der Waals surface area contributed by atoms with E-state index in [0.717, 1.165) is 35.2 Å². The number of hydrogen-bond donors (Lipinski definition) is 2. The maximum Gasteiger partial charge on any atom is 0.319 e. The summed E-state index contributed by atoms with van der Waals surface area (Å²) in [6.45, 7) is 2.58. The summed E-state index contributed by atoms with van der Waals surface area (Å²) in [5.41, 5.74) is 1.96. The lowest BCUT2D eigenvalue weighted by atomic mass is 10.2. The Balaban J connectivity index is 1.27. The van der Waals surface area contributed by atoms with Gasteiger partial charge in [0.25, 0.3) is 0 Å². The first-order valence-corrected chi connectivity index (χ1v) is 11.2. The van der Waals surface area contributed by atoms with E-state index in [1.807, 2.05) is 48.7 Å². The molecule has 3 heterocycles. The van der Waals surface area contributed by atoms with Gasteiger partial charge in [0.15, 0.2) is 0 Å². The molecule has 1 aromatic carbocycles. The topological polar surface area (TPSA) is 70.4 Å². The lowest BCUT2D eigenvalue weighted by Gasteiger charge is -2.26. The molecule has 2 amide bonds. The summed E-state index contributed by atoms with van der Waals surface area (Å²) in [4.78, 5) is 20.1. The van der Waals surface area contributed by atoms with Crippen LogP contribution in [-0.2, 0) is 5.75 Å². The SMILES string of the molecule is O=C(NC[C@H](c1ccco1)N1CCCC1)Nc1ccc(SCc2cccnc2)cc1. The summed E-state index contributed by atoms with van der Waals surface area (Å²) in [6.07, 6.45) is 7.72. The van der Waals surface area contributed by atoms with Crippen molar-refractivity contribution >= 4 is 23.5 Å². The summed E-state index contributed by atoms with van der Waals surface area (Å²) in [5, 5.41) is 5.91. The zero-order valence-corrected chi connectivity index (χ0v) is 17.6. The number of furan rings is 1. The van der Waals surface area contributed by atoms with Crippen molar-refractivity contribution in [3.8, 4) is 0 Å². The Morgan fingerprint density at radius 1 is 1.13 bits per heavy atom. The fourth-order valence-electron chi connectivity index (χ4n) is 3.59. The van der Waals surface area contributed by atoms with E-state index in [0.29, 0.717) is 6.54 Å². The van der Waals surface area contributed by atoms with Gasteiger partial charge < -0.3 is 15.1 Å². The monoisotopic (exact) mass is 422 g/mol. The van der Waals surface area contributed by atoms with Crippen LogP contribution in [0.5, 0.6) is 0 Å². The molecule has 0 radical (unpaired) electrons. The van der Waals surface area contributed by atoms with Crippen LogP contribution in [0.2, 0.25) is 0 Å². The number of hydrogen-bond acceptors (Lipinski definition) is 5. The molecule has 1 aliphatic heterocycles. The molecule has 30 heavy (non-hydrogen) atoms. The highest BCUT2D eigenvalue weighted by Gasteiger charge is 2.25. The molecule has 1 atom stereocenters. The van der Waals surface area contributed by atoms with Gasteiger partial charge in [-0.15, -0.1) is 11.8 Å². The predicted octanol–water partition coefficient (Wildman–Crippen LogP) is 4.93. The van der Waals surface area contributed by atoms with E-state index in [-0.39, 0.29) is 12.1 Å². The van der Waals surface area contributed by atoms with Crippen molar-refractivity contribution in [2.24, 2.45) is 0 Å². The van der Waals surface area contributed by atoms with E-state index in [1.165, 1.54) is 18.4 Å². The Morgan fingerprint density at radius 2 is 1.97 bits per heavy atom. The van der Waals surface area contributed by atoms with Crippen molar-refractivity contribution in [1.82, 2.24) is 15.2 Å². The van der Waals surface area contributed by atoms with Gasteiger partial charge in [-0.2, -0.15) is 0 Å². The number of urea groups is 1. The van der Waals surface area contributed by atoms with E-state index in [9.17, 15) is 4.79 Å². The van der Waals surface area contributed by atoms with Crippen molar-refractivity contribution in [3.05, 3.63) is 78.5 Å². The van der Waals surface area contributed by atoms with Gasteiger partial charge in [-0.3, -0.25) is 9.88 Å². The first-order chi connectivity index (χ1) is 14.8. The third kappa shape index (κ3) is 5.64. The number of carbonyl (C=O) groups excluding carboxylic acids is 1. The van der Waals surface area contributed by atoms with Crippen LogP contribution in [0.25, 0.3) is 0 Å². The number of nitrogens with zero attached hydrogens (tertiary/aromatic N) is 2. The molecule has 0 spiro atoms. The zero-order valence-electron chi connectivity index (χ0n) is 16.8. The maximum atomic E-state index is 12.4. The van der Waals surface area contributed by atoms with Crippen LogP contribution in [0.1, 0.15) is 30.2 Å². The molecule has 1 fully saturated rings. The minimum absolute atomic E-state index is 0.0690. The molecule has 0 saturated carbocycles. The summed E-state index contributed by atoms with van der Waals surface area (Å²) in [7, 11) is 0. The van der Waals surface area contributed by atoms with Crippen LogP contribution in [0, 0.1) is 0 Å². The minimum Gasteiger partial charge on any atom is -0.468 e. The maximum absolute atomic E-state index is 12.4. The average molecular weight is 423 g/mol. The Hall–Kier alpha value is -2.77. The van der Waals surface area contributed by atoms with Gasteiger partial charge >= 0.3 is 6.03 Å². The van der Waals surface area contributed by atoms with Gasteiger partial charge in [0, 0.05) is 35.3 Å². The second-order valence-electron chi connectivity index (χ2n) is 7.28. The van der Waals surface area contributed by atoms with Crippen molar-refractivity contribution in [3.63, 3.8) is 0 Å². The molecule has 1 aliphatic rings. The van der Waals surface area contributed by atoms with Crippen molar-refractivity contribution in [2.75, 3.05) is 25.0 Å². The first-order valence-electron chi connectivity index (χ1n) is 10.2. The van der Waals surface area contributed by atoms with Crippen LogP contribution in [0.4, 0.5) is 10.5 Å². The molecule has 4 rings (SSSR count). The highest BCUT2D eigenvalue weighted by molar-refractivity contribution is 7.98. The van der Waals surface area contributed by atoms with Gasteiger partial charge in [-0.25, -0.2) is 4.79 Å². The summed E-state index contributed by atoms with van der Waals surface area (Å²) in [6, 6.07) is 15.6. The fourth-order valence-corrected chi connectivity index (χ4v) is 4.43. The Morgan fingerprint density at radius 3 is 2.67 bits per heavy atom. The lowest BCUT2D eigenvalue weighted by Crippen LogP contribution is -2.38. The second kappa shape index (κ2) is 10.3. The van der Waals surface area contributed by atoms with Crippen LogP contribution >= 0.6 is 11.8 Å². The summed E-state index contributed by atoms with van der Waals surface area (Å²) < 4.78 is 5.61. The van der Waals surface area contributed by atoms with Crippen LogP contribution in [-0.4, -0.2) is 35.5 Å². The number of pyridine rings is 1. The van der Waals surface area contributed by atoms with Gasteiger partial charge in [0.1, 0.15) is 5.76 Å². The third-order valence-corrected chi connectivity index (χ3v) is 6.23. The quantitative estimate of drug-likeness (QED) is 0.504. The number of rotatable bonds is 8. The molecule has 156 valence electrons. The number of nitrogens with one attached hydrogen (secondary N) is 2. The molecule has 6 nitrogen and oxygen atoms in total. The number of carbonyl (C=O) groups is 1. The van der Waals surface area contributed by atoms with Crippen molar-refractivity contribution in [1.29, 1.82) is 0 Å². The average Bonchev–Trinajstić information content (AvgIpc) is 3.49. The molecule has 0 aliphatic carbocycles. The normalized spacial score (nSPS) is 15.1. The van der Waals surface area contributed by atoms with E-state index < -0.39 is 0 Å². The summed E-state index contributed by atoms with van der Waals surface area (Å²) >= 11 is 1.74. The molecule has 3 aromatic rings. The van der Waals surface area contributed by atoms with Crippen molar-refractivity contribution < 1.29 is 9.21 Å². The zero-order chi connectivity index (χ0) is 20.6. The molecular formula is C23H26N4O2S. The first kappa shape index (κ1) is 20.5. The minimum atomic E-state index is -0.207. The van der Waals surface area contributed by atoms with Gasteiger partial charge in [-0.1, -0.05) is 6.07 Å². The van der Waals surface area contributed by atoms with E-state index in [4.69, 9.17) is 4.42 Å². The molecule has 0 unspecified atom stereocenters. The highest BCUT2D eigenvalue weighted by atomic mass is 32.2. The van der Waals surface area contributed by atoms with Gasteiger partial charge in [-0.05, 0) is 74.0 Å². The number of aromatic nitrogens is 1. The number of benzene rings is 1. The number of anilines is 1. The second-order valence-corrected chi connectivity index (χ2v) is 8.33. The molecule has 2 N–H and O–H groups in total. The number of amides is 2. The Bertz CT molecular complexity index is 910. The Kier molecular flexibility index (Phi) is 7.05. The third-order valence-electron chi connectivity index (χ3n) is 5.15.